The molecule has 4 N–H and O–H groups in total. The Morgan fingerprint density at radius 1 is 0.603 bits per heavy atom. The van der Waals surface area contributed by atoms with Crippen LogP contribution in [0.1, 0.15) is 200 Å². The van der Waals surface area contributed by atoms with Gasteiger partial charge in [0.2, 0.25) is 0 Å². The third-order valence-corrected chi connectivity index (χ3v) is 10.8. The van der Waals surface area contributed by atoms with Crippen LogP contribution in [-0.4, -0.2) is 60.5 Å². The van der Waals surface area contributed by atoms with Crippen molar-refractivity contribution in [2.45, 2.75) is 212 Å². The number of phosphoric ester groups is 1. The normalized spacial score (nSPS) is 14.2. The molecule has 0 rings (SSSR count). The van der Waals surface area contributed by atoms with Crippen molar-refractivity contribution in [2.24, 2.45) is 5.73 Å². The van der Waals surface area contributed by atoms with Gasteiger partial charge in [0.1, 0.15) is 6.61 Å². The second kappa shape index (κ2) is 43.0. The number of nitrogens with two attached hydrogens (primary N) is 1. The van der Waals surface area contributed by atoms with Crippen molar-refractivity contribution in [1.29, 1.82) is 0 Å². The molecule has 0 aromatic carbocycles. The van der Waals surface area contributed by atoms with Gasteiger partial charge in [-0.15, -0.1) is 0 Å². The predicted molar refractivity (Wildman–Crippen MR) is 239 cm³/mol. The molecule has 3 atom stereocenters. The van der Waals surface area contributed by atoms with E-state index in [9.17, 15) is 24.2 Å². The van der Waals surface area contributed by atoms with E-state index >= 15 is 0 Å². The molecule has 0 aromatic rings. The molecule has 11 heteroatoms. The van der Waals surface area contributed by atoms with Crippen molar-refractivity contribution in [3.63, 3.8) is 0 Å². The van der Waals surface area contributed by atoms with Crippen LogP contribution in [0.15, 0.2) is 48.6 Å². The molecule has 0 fully saturated rings. The van der Waals surface area contributed by atoms with Crippen LogP contribution in [0.5, 0.6) is 0 Å². The number of phosphoric acid groups is 1. The molecule has 10 nitrogen and oxygen atoms in total. The predicted octanol–water partition coefficient (Wildman–Crippen LogP) is 12.5. The maximum Gasteiger partial charge on any atom is 0.472 e. The van der Waals surface area contributed by atoms with E-state index in [1.54, 1.807) is 6.08 Å². The van der Waals surface area contributed by atoms with Crippen molar-refractivity contribution in [1.82, 2.24) is 0 Å². The van der Waals surface area contributed by atoms with E-state index in [-0.39, 0.29) is 32.6 Å². The van der Waals surface area contributed by atoms with Gasteiger partial charge in [-0.2, -0.15) is 0 Å². The highest BCUT2D eigenvalue weighted by Gasteiger charge is 2.26. The smallest absolute Gasteiger partial charge is 0.462 e. The maximum atomic E-state index is 12.6. The average molecular weight is 840 g/mol. The van der Waals surface area contributed by atoms with Crippen LogP contribution in [0, 0.1) is 0 Å². The molecular formula is C47H86NO9P. The molecule has 338 valence electrons. The summed E-state index contributed by atoms with van der Waals surface area (Å²) in [4.78, 5) is 34.9. The lowest BCUT2D eigenvalue weighted by Crippen LogP contribution is -2.29. The fraction of sp³-hybridized carbons (Fsp3) is 0.787. The Kier molecular flexibility index (Phi) is 41.5. The van der Waals surface area contributed by atoms with Gasteiger partial charge in [-0.3, -0.25) is 18.6 Å². The van der Waals surface area contributed by atoms with Gasteiger partial charge in [0.15, 0.2) is 6.10 Å². The lowest BCUT2D eigenvalue weighted by molar-refractivity contribution is -0.161. The minimum Gasteiger partial charge on any atom is -0.462 e. The Hall–Kier alpha value is -2.07. The number of hydrogen-bond donors (Lipinski definition) is 3. The Labute approximate surface area is 354 Å². The summed E-state index contributed by atoms with van der Waals surface area (Å²) >= 11 is 0. The molecule has 58 heavy (non-hydrogen) atoms. The number of carbonyl (C=O) groups is 2. The van der Waals surface area contributed by atoms with Crippen LogP contribution in [0.3, 0.4) is 0 Å². The first-order chi connectivity index (χ1) is 28.2. The summed E-state index contributed by atoms with van der Waals surface area (Å²) < 4.78 is 32.7. The minimum absolute atomic E-state index is 0.0369. The number of unbranched alkanes of at least 4 members (excludes halogenated alkanes) is 22. The number of rotatable bonds is 43. The largest absolute Gasteiger partial charge is 0.472 e. The van der Waals surface area contributed by atoms with Gasteiger partial charge >= 0.3 is 19.8 Å². The molecule has 0 saturated heterocycles. The zero-order chi connectivity index (χ0) is 42.6. The number of esters is 2. The number of aliphatic hydroxyl groups excluding tert-OH is 1. The van der Waals surface area contributed by atoms with Gasteiger partial charge in [-0.1, -0.05) is 191 Å². The molecule has 0 saturated carbocycles. The highest BCUT2D eigenvalue weighted by atomic mass is 31.2. The van der Waals surface area contributed by atoms with Crippen LogP contribution in [0.25, 0.3) is 0 Å². The second-order valence-corrected chi connectivity index (χ2v) is 16.9. The number of allylic oxidation sites excluding steroid dienone is 6. The van der Waals surface area contributed by atoms with Gasteiger partial charge in [-0.05, 0) is 44.9 Å². The van der Waals surface area contributed by atoms with Crippen molar-refractivity contribution in [3.8, 4) is 0 Å². The molecule has 0 heterocycles. The van der Waals surface area contributed by atoms with Crippen molar-refractivity contribution in [2.75, 3.05) is 26.4 Å². The number of ether oxygens (including phenoxy) is 2. The Morgan fingerprint density at radius 2 is 1.12 bits per heavy atom. The van der Waals surface area contributed by atoms with E-state index in [0.29, 0.717) is 25.7 Å². The van der Waals surface area contributed by atoms with Gasteiger partial charge < -0.3 is 25.2 Å². The Morgan fingerprint density at radius 3 is 1.71 bits per heavy atom. The van der Waals surface area contributed by atoms with Crippen LogP contribution in [0.2, 0.25) is 0 Å². The Balaban J connectivity index is 4.23. The molecule has 0 aliphatic carbocycles. The van der Waals surface area contributed by atoms with E-state index in [2.05, 4.69) is 19.9 Å². The zero-order valence-corrected chi connectivity index (χ0v) is 37.8. The van der Waals surface area contributed by atoms with Crippen LogP contribution in [-0.2, 0) is 32.7 Å². The van der Waals surface area contributed by atoms with Crippen molar-refractivity contribution >= 4 is 19.8 Å². The standard InChI is InChI=1S/C47H86NO9P/c1-3-5-7-9-11-12-13-14-15-16-17-18-19-20-21-22-27-31-35-39-47(51)57-45(43-56-58(52,53)55-41-40-48)42-54-46(50)38-34-30-26-24-23-25-29-33-37-44(49)36-32-28-10-8-6-4-2/h24-26,28-29,32-33,37,44-45,49H,3-23,27,30-31,34-36,38-43,48H2,1-2H3,(H,52,53)/b26-24-,29-25-,32-28-,37-33+/t44-,45-/m1/s1. The second-order valence-electron chi connectivity index (χ2n) is 15.5. The van der Waals surface area contributed by atoms with Gasteiger partial charge in [0.05, 0.1) is 19.3 Å². The molecule has 0 aromatic heterocycles. The molecule has 0 bridgehead atoms. The minimum atomic E-state index is -4.40. The van der Waals surface area contributed by atoms with Gasteiger partial charge in [0, 0.05) is 19.4 Å². The maximum absolute atomic E-state index is 12.6. The number of carbonyl (C=O) groups excluding carboxylic acids is 2. The summed E-state index contributed by atoms with van der Waals surface area (Å²) in [6.07, 6.45) is 46.0. The third-order valence-electron chi connectivity index (χ3n) is 9.80. The molecule has 0 aliphatic rings. The lowest BCUT2D eigenvalue weighted by atomic mass is 10.0. The van der Waals surface area contributed by atoms with Crippen LogP contribution < -0.4 is 5.73 Å². The number of hydrogen-bond acceptors (Lipinski definition) is 9. The molecule has 0 radical (unpaired) electrons. The summed E-state index contributed by atoms with van der Waals surface area (Å²) in [6, 6.07) is 0. The fourth-order valence-corrected chi connectivity index (χ4v) is 7.07. The monoisotopic (exact) mass is 840 g/mol. The fourth-order valence-electron chi connectivity index (χ4n) is 6.30. The molecule has 1 unspecified atom stereocenters. The van der Waals surface area contributed by atoms with Crippen LogP contribution >= 0.6 is 7.82 Å². The quantitative estimate of drug-likeness (QED) is 0.0178. The summed E-state index contributed by atoms with van der Waals surface area (Å²) in [7, 11) is -4.40. The summed E-state index contributed by atoms with van der Waals surface area (Å²) in [5, 5.41) is 10.0. The van der Waals surface area contributed by atoms with Gasteiger partial charge in [0.25, 0.3) is 0 Å². The highest BCUT2D eigenvalue weighted by Crippen LogP contribution is 2.43. The SMILES string of the molecule is CCCCC/C=C\C[C@@H](O)/C=C/C=C\C/C=C\CCCC(=O)OC[C@H](COP(=O)(O)OCCN)OC(=O)CCCCCCCCCCCCCCCCCCCCC. The van der Waals surface area contributed by atoms with E-state index in [1.807, 2.05) is 36.5 Å². The topological polar surface area (TPSA) is 155 Å². The molecule has 0 spiro atoms. The van der Waals surface area contributed by atoms with Crippen LogP contribution in [0.4, 0.5) is 0 Å². The van der Waals surface area contributed by atoms with Crippen molar-refractivity contribution < 1.29 is 42.7 Å². The highest BCUT2D eigenvalue weighted by molar-refractivity contribution is 7.47. The average Bonchev–Trinajstić information content (AvgIpc) is 3.21. The first-order valence-corrected chi connectivity index (χ1v) is 24.7. The van der Waals surface area contributed by atoms with E-state index in [1.165, 1.54) is 116 Å². The summed E-state index contributed by atoms with van der Waals surface area (Å²) in [5.74, 6) is -0.928. The number of aliphatic hydroxyl groups is 1. The summed E-state index contributed by atoms with van der Waals surface area (Å²) in [5.41, 5.74) is 5.35. The van der Waals surface area contributed by atoms with E-state index < -0.39 is 38.6 Å². The lowest BCUT2D eigenvalue weighted by Gasteiger charge is -2.19. The third kappa shape index (κ3) is 42.1. The molecule has 0 amide bonds. The Bertz CT molecular complexity index is 1110. The van der Waals surface area contributed by atoms with E-state index in [0.717, 1.165) is 32.1 Å². The molecular weight excluding hydrogens is 753 g/mol. The zero-order valence-electron chi connectivity index (χ0n) is 36.9. The van der Waals surface area contributed by atoms with Crippen molar-refractivity contribution in [3.05, 3.63) is 48.6 Å². The molecule has 0 aliphatic heterocycles. The van der Waals surface area contributed by atoms with E-state index in [4.69, 9.17) is 24.3 Å². The van der Waals surface area contributed by atoms with Gasteiger partial charge in [-0.25, -0.2) is 4.57 Å². The first kappa shape index (κ1) is 55.9. The summed E-state index contributed by atoms with van der Waals surface area (Å²) in [6.45, 7) is 3.57. The first-order valence-electron chi connectivity index (χ1n) is 23.2.